The van der Waals surface area contributed by atoms with Gasteiger partial charge in [-0.15, -0.1) is 0 Å². The lowest BCUT2D eigenvalue weighted by atomic mass is 9.97. The number of Topliss-reactive ketones (excluding diaryl/α,β-unsaturated/α-hetero) is 1. The molecule has 2 aromatic carbocycles. The normalized spacial score (nSPS) is 14.1. The van der Waals surface area contributed by atoms with E-state index >= 15 is 0 Å². The van der Waals surface area contributed by atoms with Crippen LogP contribution in [-0.2, 0) is 11.2 Å². The van der Waals surface area contributed by atoms with Gasteiger partial charge in [0.2, 0.25) is 5.91 Å². The molecule has 1 aliphatic carbocycles. The highest BCUT2D eigenvalue weighted by atomic mass is 16.2. The average Bonchev–Trinajstić information content (AvgIpc) is 3.31. The van der Waals surface area contributed by atoms with Crippen LogP contribution >= 0.6 is 0 Å². The third-order valence-electron chi connectivity index (χ3n) is 4.00. The van der Waals surface area contributed by atoms with E-state index in [1.165, 1.54) is 0 Å². The van der Waals surface area contributed by atoms with Crippen LogP contribution in [0.1, 0.15) is 35.7 Å². The Morgan fingerprint density at radius 1 is 1.19 bits per heavy atom. The lowest BCUT2D eigenvalue weighted by Gasteiger charge is -2.10. The summed E-state index contributed by atoms with van der Waals surface area (Å²) in [5.74, 6) is 0.483. The molecule has 0 spiro atoms. The lowest BCUT2D eigenvalue weighted by Crippen LogP contribution is -2.27. The highest BCUT2D eigenvalue weighted by molar-refractivity contribution is 5.99. The van der Waals surface area contributed by atoms with E-state index in [0.717, 1.165) is 41.2 Å². The van der Waals surface area contributed by atoms with Crippen LogP contribution in [0.15, 0.2) is 36.4 Å². The van der Waals surface area contributed by atoms with Crippen molar-refractivity contribution in [1.82, 2.24) is 5.32 Å². The number of fused-ring (bicyclic) bond motifs is 1. The molecule has 3 nitrogen and oxygen atoms in total. The fourth-order valence-electron chi connectivity index (χ4n) is 2.61. The van der Waals surface area contributed by atoms with Gasteiger partial charge in [-0.3, -0.25) is 9.59 Å². The van der Waals surface area contributed by atoms with Crippen LogP contribution in [0, 0.1) is 5.92 Å². The Hall–Kier alpha value is -2.16. The maximum absolute atomic E-state index is 11.7. The van der Waals surface area contributed by atoms with E-state index in [9.17, 15) is 9.59 Å². The van der Waals surface area contributed by atoms with Crippen molar-refractivity contribution in [3.8, 4) is 0 Å². The van der Waals surface area contributed by atoms with Crippen LogP contribution < -0.4 is 5.32 Å². The summed E-state index contributed by atoms with van der Waals surface area (Å²) in [7, 11) is 0. The predicted molar refractivity (Wildman–Crippen MR) is 83.4 cm³/mol. The number of nitrogens with one attached hydrogen (secondary N) is 1. The minimum atomic E-state index is 0.0732. The molecular weight excluding hydrogens is 262 g/mol. The summed E-state index contributed by atoms with van der Waals surface area (Å²) in [6.45, 7) is 2.21. The number of benzene rings is 2. The van der Waals surface area contributed by atoms with Crippen molar-refractivity contribution in [2.75, 3.05) is 6.54 Å². The van der Waals surface area contributed by atoms with Crippen molar-refractivity contribution >= 4 is 22.5 Å². The van der Waals surface area contributed by atoms with E-state index in [-0.39, 0.29) is 17.6 Å². The van der Waals surface area contributed by atoms with Gasteiger partial charge in [-0.05, 0) is 54.7 Å². The molecule has 3 heteroatoms. The Labute approximate surface area is 124 Å². The molecule has 1 fully saturated rings. The number of hydrogen-bond donors (Lipinski definition) is 1. The van der Waals surface area contributed by atoms with E-state index in [0.29, 0.717) is 6.54 Å². The Balaban J connectivity index is 1.81. The molecule has 0 aliphatic heterocycles. The summed E-state index contributed by atoms with van der Waals surface area (Å²) in [4.78, 5) is 23.3. The van der Waals surface area contributed by atoms with Crippen LogP contribution in [0.4, 0.5) is 0 Å². The molecular formula is C18H19NO2. The minimum Gasteiger partial charge on any atom is -0.356 e. The molecule has 0 bridgehead atoms. The maximum atomic E-state index is 11.7. The molecule has 1 N–H and O–H groups in total. The summed E-state index contributed by atoms with van der Waals surface area (Å²) in [5.41, 5.74) is 1.85. The van der Waals surface area contributed by atoms with Crippen LogP contribution in [0.3, 0.4) is 0 Å². The monoisotopic (exact) mass is 281 g/mol. The van der Waals surface area contributed by atoms with Crippen LogP contribution in [0.25, 0.3) is 10.8 Å². The minimum absolute atomic E-state index is 0.0732. The first kappa shape index (κ1) is 13.8. The molecule has 108 valence electrons. The van der Waals surface area contributed by atoms with Crippen molar-refractivity contribution in [2.45, 2.75) is 26.2 Å². The summed E-state index contributed by atoms with van der Waals surface area (Å²) in [6.07, 6.45) is 2.79. The molecule has 3 rings (SSSR count). The van der Waals surface area contributed by atoms with Crippen molar-refractivity contribution in [3.05, 3.63) is 47.5 Å². The summed E-state index contributed by atoms with van der Waals surface area (Å²) < 4.78 is 0. The van der Waals surface area contributed by atoms with Gasteiger partial charge in [-0.25, -0.2) is 0 Å². The number of carbonyl (C=O) groups is 2. The zero-order valence-electron chi connectivity index (χ0n) is 12.2. The van der Waals surface area contributed by atoms with Gasteiger partial charge in [-0.1, -0.05) is 24.3 Å². The van der Waals surface area contributed by atoms with E-state index in [4.69, 9.17) is 0 Å². The van der Waals surface area contributed by atoms with E-state index in [2.05, 4.69) is 11.4 Å². The molecule has 0 aromatic heterocycles. The molecule has 2 aromatic rings. The highest BCUT2D eigenvalue weighted by Gasteiger charge is 2.29. The third kappa shape index (κ3) is 3.13. The molecule has 1 saturated carbocycles. The van der Waals surface area contributed by atoms with Crippen molar-refractivity contribution in [2.24, 2.45) is 5.92 Å². The molecule has 21 heavy (non-hydrogen) atoms. The average molecular weight is 281 g/mol. The number of hydrogen-bond acceptors (Lipinski definition) is 2. The second kappa shape index (κ2) is 5.68. The van der Waals surface area contributed by atoms with Gasteiger partial charge in [0.05, 0.1) is 0 Å². The van der Waals surface area contributed by atoms with Crippen LogP contribution in [-0.4, -0.2) is 18.2 Å². The second-order valence-electron chi connectivity index (χ2n) is 5.73. The zero-order chi connectivity index (χ0) is 14.8. The molecule has 0 unspecified atom stereocenters. The Morgan fingerprint density at radius 3 is 2.67 bits per heavy atom. The molecule has 0 saturated heterocycles. The van der Waals surface area contributed by atoms with Crippen molar-refractivity contribution in [3.63, 3.8) is 0 Å². The standard InChI is InChI=1S/C18H19NO2/c1-12(20)16-10-14-4-2-3-5-17(14)15(11-16)8-9-19-18(21)13-6-7-13/h2-5,10-11,13H,6-9H2,1H3,(H,19,21). The fraction of sp³-hybridized carbons (Fsp3) is 0.333. The van der Waals surface area contributed by atoms with Gasteiger partial charge >= 0.3 is 0 Å². The smallest absolute Gasteiger partial charge is 0.223 e. The second-order valence-corrected chi connectivity index (χ2v) is 5.73. The van der Waals surface area contributed by atoms with E-state index in [1.807, 2.05) is 30.3 Å². The summed E-state index contributed by atoms with van der Waals surface area (Å²) in [6, 6.07) is 12.0. The molecule has 1 aliphatic rings. The first-order valence-corrected chi connectivity index (χ1v) is 7.45. The lowest BCUT2D eigenvalue weighted by molar-refractivity contribution is -0.122. The predicted octanol–water partition coefficient (Wildman–Crippen LogP) is 3.11. The van der Waals surface area contributed by atoms with Crippen LogP contribution in [0.2, 0.25) is 0 Å². The largest absolute Gasteiger partial charge is 0.356 e. The maximum Gasteiger partial charge on any atom is 0.223 e. The zero-order valence-corrected chi connectivity index (χ0v) is 12.2. The Morgan fingerprint density at radius 2 is 1.95 bits per heavy atom. The molecule has 1 amide bonds. The topological polar surface area (TPSA) is 46.2 Å². The first-order valence-electron chi connectivity index (χ1n) is 7.45. The molecule has 0 heterocycles. The summed E-state index contributed by atoms with van der Waals surface area (Å²) in [5, 5.41) is 5.22. The van der Waals surface area contributed by atoms with Gasteiger partial charge in [0, 0.05) is 18.0 Å². The number of rotatable bonds is 5. The summed E-state index contributed by atoms with van der Waals surface area (Å²) >= 11 is 0. The quantitative estimate of drug-likeness (QED) is 0.856. The van der Waals surface area contributed by atoms with Gasteiger partial charge in [0.1, 0.15) is 0 Å². The van der Waals surface area contributed by atoms with Crippen molar-refractivity contribution < 1.29 is 9.59 Å². The Bertz CT molecular complexity index is 701. The molecule has 0 atom stereocenters. The van der Waals surface area contributed by atoms with Gasteiger partial charge in [0.15, 0.2) is 5.78 Å². The van der Waals surface area contributed by atoms with E-state index < -0.39 is 0 Å². The highest BCUT2D eigenvalue weighted by Crippen LogP contribution is 2.28. The fourth-order valence-corrected chi connectivity index (χ4v) is 2.61. The number of amides is 1. The first-order chi connectivity index (χ1) is 10.1. The SMILES string of the molecule is CC(=O)c1cc(CCNC(=O)C2CC2)c2ccccc2c1. The molecule has 0 radical (unpaired) electrons. The van der Waals surface area contributed by atoms with E-state index in [1.54, 1.807) is 6.92 Å². The Kier molecular flexibility index (Phi) is 3.74. The van der Waals surface area contributed by atoms with Crippen LogP contribution in [0.5, 0.6) is 0 Å². The number of carbonyl (C=O) groups excluding carboxylic acids is 2. The third-order valence-corrected chi connectivity index (χ3v) is 4.00. The van der Waals surface area contributed by atoms with Gasteiger partial charge in [-0.2, -0.15) is 0 Å². The van der Waals surface area contributed by atoms with Crippen molar-refractivity contribution in [1.29, 1.82) is 0 Å². The van der Waals surface area contributed by atoms with Gasteiger partial charge in [0.25, 0.3) is 0 Å². The van der Waals surface area contributed by atoms with Gasteiger partial charge < -0.3 is 5.32 Å². The number of ketones is 1.